The van der Waals surface area contributed by atoms with Crippen LogP contribution in [0.25, 0.3) is 16.7 Å². The van der Waals surface area contributed by atoms with Crippen molar-refractivity contribution in [1.82, 2.24) is 15.0 Å². The van der Waals surface area contributed by atoms with Gasteiger partial charge in [0.2, 0.25) is 0 Å². The van der Waals surface area contributed by atoms with Crippen LogP contribution in [0.3, 0.4) is 0 Å². The van der Waals surface area contributed by atoms with Crippen molar-refractivity contribution in [3.63, 3.8) is 0 Å². The van der Waals surface area contributed by atoms with Crippen LogP contribution in [0.15, 0.2) is 36.4 Å². The van der Waals surface area contributed by atoms with Crippen molar-refractivity contribution in [3.8, 4) is 11.8 Å². The van der Waals surface area contributed by atoms with E-state index >= 15 is 0 Å². The number of carbonyl (C=O) groups is 1. The van der Waals surface area contributed by atoms with Gasteiger partial charge in [0.15, 0.2) is 0 Å². The minimum absolute atomic E-state index is 0.150. The summed E-state index contributed by atoms with van der Waals surface area (Å²) >= 11 is 0. The van der Waals surface area contributed by atoms with Crippen molar-refractivity contribution in [3.05, 3.63) is 53.1 Å². The van der Waals surface area contributed by atoms with Gasteiger partial charge in [-0.25, -0.2) is 9.48 Å². The molecule has 0 spiro atoms. The first-order chi connectivity index (χ1) is 10.1. The average molecular weight is 278 g/mol. The number of hydrogen-bond donors (Lipinski definition) is 1. The summed E-state index contributed by atoms with van der Waals surface area (Å²) in [7, 11) is 0. The first-order valence-corrected chi connectivity index (χ1v) is 6.20. The lowest BCUT2D eigenvalue weighted by Crippen LogP contribution is -2.02. The number of carboxylic acid groups (broad SMARTS) is 1. The van der Waals surface area contributed by atoms with Crippen LogP contribution >= 0.6 is 0 Å². The molecule has 1 N–H and O–H groups in total. The Bertz CT molecular complexity index is 906. The molecule has 0 fully saturated rings. The summed E-state index contributed by atoms with van der Waals surface area (Å²) in [5.74, 6) is -1.02. The third-order valence-electron chi connectivity index (χ3n) is 3.28. The van der Waals surface area contributed by atoms with Crippen molar-refractivity contribution in [1.29, 1.82) is 5.26 Å². The zero-order chi connectivity index (χ0) is 15.0. The summed E-state index contributed by atoms with van der Waals surface area (Å²) in [6.07, 6.45) is 0. The highest BCUT2D eigenvalue weighted by Crippen LogP contribution is 2.22. The fraction of sp³-hybridized carbons (Fsp3) is 0.0667. The molecule has 0 saturated heterocycles. The molecule has 0 atom stereocenters. The van der Waals surface area contributed by atoms with Crippen LogP contribution in [0.4, 0.5) is 0 Å². The van der Waals surface area contributed by atoms with Gasteiger partial charge >= 0.3 is 5.97 Å². The lowest BCUT2D eigenvalue weighted by molar-refractivity contribution is 0.0697. The van der Waals surface area contributed by atoms with Gasteiger partial charge in [0.25, 0.3) is 0 Å². The Morgan fingerprint density at radius 2 is 2.14 bits per heavy atom. The van der Waals surface area contributed by atoms with Gasteiger partial charge in [-0.1, -0.05) is 17.3 Å². The molecule has 0 bridgehead atoms. The number of hydrogen-bond acceptors (Lipinski definition) is 4. The van der Waals surface area contributed by atoms with Crippen LogP contribution in [-0.2, 0) is 0 Å². The predicted molar refractivity (Wildman–Crippen MR) is 75.3 cm³/mol. The molecule has 3 aromatic rings. The largest absolute Gasteiger partial charge is 0.478 e. The van der Waals surface area contributed by atoms with E-state index in [0.717, 1.165) is 5.56 Å². The van der Waals surface area contributed by atoms with Crippen molar-refractivity contribution >= 4 is 17.0 Å². The minimum Gasteiger partial charge on any atom is -0.478 e. The van der Waals surface area contributed by atoms with E-state index in [2.05, 4.69) is 16.4 Å². The maximum absolute atomic E-state index is 11.1. The van der Waals surface area contributed by atoms with Crippen LogP contribution in [0.2, 0.25) is 0 Å². The molecule has 0 radical (unpaired) electrons. The zero-order valence-electron chi connectivity index (χ0n) is 11.1. The molecule has 0 aliphatic carbocycles. The molecule has 6 nitrogen and oxygen atoms in total. The average Bonchev–Trinajstić information content (AvgIpc) is 2.89. The molecule has 3 rings (SSSR count). The van der Waals surface area contributed by atoms with Crippen molar-refractivity contribution in [2.75, 3.05) is 0 Å². The van der Waals surface area contributed by atoms with Gasteiger partial charge in [0.05, 0.1) is 22.3 Å². The predicted octanol–water partition coefficient (Wildman–Crippen LogP) is 2.30. The summed E-state index contributed by atoms with van der Waals surface area (Å²) < 4.78 is 1.49. The van der Waals surface area contributed by atoms with E-state index in [-0.39, 0.29) is 5.56 Å². The SMILES string of the molecule is Cc1cccc(-n2nnc3ccc(C(=O)O)cc32)c1C#N. The van der Waals surface area contributed by atoms with Gasteiger partial charge in [-0.2, -0.15) is 5.26 Å². The number of fused-ring (bicyclic) bond motifs is 1. The summed E-state index contributed by atoms with van der Waals surface area (Å²) in [6, 6.07) is 12.1. The van der Waals surface area contributed by atoms with Gasteiger partial charge in [-0.15, -0.1) is 5.10 Å². The Kier molecular flexibility index (Phi) is 2.88. The maximum atomic E-state index is 11.1. The molecule has 0 aliphatic heterocycles. The molecule has 1 aromatic heterocycles. The Hall–Kier alpha value is -3.20. The summed E-state index contributed by atoms with van der Waals surface area (Å²) in [5, 5.41) is 26.4. The van der Waals surface area contributed by atoms with E-state index in [1.807, 2.05) is 19.1 Å². The molecule has 6 heteroatoms. The molecule has 0 amide bonds. The highest BCUT2D eigenvalue weighted by atomic mass is 16.4. The topological polar surface area (TPSA) is 91.8 Å². The van der Waals surface area contributed by atoms with Crippen LogP contribution in [0.1, 0.15) is 21.5 Å². The van der Waals surface area contributed by atoms with Crippen LogP contribution in [0.5, 0.6) is 0 Å². The highest BCUT2D eigenvalue weighted by molar-refractivity contribution is 5.92. The summed E-state index contributed by atoms with van der Waals surface area (Å²) in [6.45, 7) is 1.84. The molecular weight excluding hydrogens is 268 g/mol. The van der Waals surface area contributed by atoms with Gasteiger partial charge < -0.3 is 5.11 Å². The third-order valence-corrected chi connectivity index (χ3v) is 3.28. The molecule has 0 saturated carbocycles. The number of aromatic carboxylic acids is 1. The maximum Gasteiger partial charge on any atom is 0.335 e. The molecule has 0 aliphatic rings. The minimum atomic E-state index is -1.02. The lowest BCUT2D eigenvalue weighted by atomic mass is 10.1. The monoisotopic (exact) mass is 278 g/mol. The van der Waals surface area contributed by atoms with Crippen LogP contribution in [-0.4, -0.2) is 26.1 Å². The molecule has 0 unspecified atom stereocenters. The number of aromatic nitrogens is 3. The van der Waals surface area contributed by atoms with E-state index in [0.29, 0.717) is 22.3 Å². The fourth-order valence-electron chi connectivity index (χ4n) is 2.20. The van der Waals surface area contributed by atoms with Crippen LogP contribution in [0, 0.1) is 18.3 Å². The zero-order valence-corrected chi connectivity index (χ0v) is 11.1. The van der Waals surface area contributed by atoms with Crippen LogP contribution < -0.4 is 0 Å². The molecule has 1 heterocycles. The van der Waals surface area contributed by atoms with Gasteiger partial charge in [-0.05, 0) is 36.8 Å². The van der Waals surface area contributed by atoms with E-state index in [1.54, 1.807) is 12.1 Å². The fourth-order valence-corrected chi connectivity index (χ4v) is 2.20. The smallest absolute Gasteiger partial charge is 0.335 e. The standard InChI is InChI=1S/C15H10N4O2/c1-9-3-2-4-13(11(9)8-16)19-14-7-10(15(20)21)5-6-12(14)17-18-19/h2-7H,1H3,(H,20,21). The molecule has 21 heavy (non-hydrogen) atoms. The highest BCUT2D eigenvalue weighted by Gasteiger charge is 2.14. The second-order valence-electron chi connectivity index (χ2n) is 4.59. The first kappa shape index (κ1) is 12.8. The Morgan fingerprint density at radius 1 is 1.33 bits per heavy atom. The lowest BCUT2D eigenvalue weighted by Gasteiger charge is -2.07. The molecule has 2 aromatic carbocycles. The normalized spacial score (nSPS) is 10.5. The molecular formula is C15H10N4O2. The summed E-state index contributed by atoms with van der Waals surface area (Å²) in [5.41, 5.74) is 3.18. The number of aryl methyl sites for hydroxylation is 1. The second kappa shape index (κ2) is 4.72. The van der Waals surface area contributed by atoms with Gasteiger partial charge in [-0.3, -0.25) is 0 Å². The first-order valence-electron chi connectivity index (χ1n) is 6.20. The summed E-state index contributed by atoms with van der Waals surface area (Å²) in [4.78, 5) is 11.1. The van der Waals surface area contributed by atoms with E-state index in [4.69, 9.17) is 5.11 Å². The number of rotatable bonds is 2. The third kappa shape index (κ3) is 2.01. The number of carboxylic acids is 1. The Morgan fingerprint density at radius 3 is 2.86 bits per heavy atom. The Balaban J connectivity index is 2.31. The van der Waals surface area contributed by atoms with Gasteiger partial charge in [0, 0.05) is 0 Å². The quantitative estimate of drug-likeness (QED) is 0.776. The van der Waals surface area contributed by atoms with Gasteiger partial charge in [0.1, 0.15) is 11.6 Å². The van der Waals surface area contributed by atoms with Crippen molar-refractivity contribution in [2.45, 2.75) is 6.92 Å². The van der Waals surface area contributed by atoms with Crippen molar-refractivity contribution < 1.29 is 9.90 Å². The van der Waals surface area contributed by atoms with Crippen molar-refractivity contribution in [2.24, 2.45) is 0 Å². The van der Waals surface area contributed by atoms with E-state index in [1.165, 1.54) is 16.8 Å². The van der Waals surface area contributed by atoms with E-state index in [9.17, 15) is 10.1 Å². The van der Waals surface area contributed by atoms with E-state index < -0.39 is 5.97 Å². The molecule has 102 valence electrons. The second-order valence-corrected chi connectivity index (χ2v) is 4.59. The number of nitrogens with zero attached hydrogens (tertiary/aromatic N) is 4. The Labute approximate surface area is 119 Å². The number of benzene rings is 2. The number of nitriles is 1.